The molecule has 0 aliphatic heterocycles. The lowest BCUT2D eigenvalue weighted by atomic mass is 9.95. The number of nitrogens with one attached hydrogen (secondary N) is 1. The summed E-state index contributed by atoms with van der Waals surface area (Å²) in [6.45, 7) is 6.58. The van der Waals surface area contributed by atoms with E-state index in [0.29, 0.717) is 16.6 Å². The summed E-state index contributed by atoms with van der Waals surface area (Å²) in [5, 5.41) is 0. The van der Waals surface area contributed by atoms with E-state index >= 15 is 0 Å². The van der Waals surface area contributed by atoms with E-state index < -0.39 is 0 Å². The molecule has 0 aliphatic rings. The number of nitrogens with zero attached hydrogens (tertiary/aromatic N) is 1. The van der Waals surface area contributed by atoms with Crippen LogP contribution in [0.3, 0.4) is 0 Å². The lowest BCUT2D eigenvalue weighted by Crippen LogP contribution is -2.04. The molecule has 0 saturated heterocycles. The molecule has 1 aromatic heterocycles. The number of rotatable bonds is 2. The summed E-state index contributed by atoms with van der Waals surface area (Å²) in [4.78, 5) is 7.03. The van der Waals surface area contributed by atoms with Gasteiger partial charge in [0.1, 0.15) is 0 Å². The molecule has 0 radical (unpaired) electrons. The highest BCUT2D eigenvalue weighted by molar-refractivity contribution is 7.71. The molecule has 1 heterocycles. The van der Waals surface area contributed by atoms with Gasteiger partial charge in [-0.1, -0.05) is 20.8 Å². The van der Waals surface area contributed by atoms with Crippen LogP contribution in [0.25, 0.3) is 0 Å². The molecule has 1 N–H and O–H groups in total. The van der Waals surface area contributed by atoms with E-state index in [-0.39, 0.29) is 0 Å². The number of hydrogen-bond acceptors (Lipinski definition) is 2. The molecule has 0 aromatic carbocycles. The highest BCUT2D eigenvalue weighted by Crippen LogP contribution is 2.20. The van der Waals surface area contributed by atoms with Crippen LogP contribution in [0.2, 0.25) is 0 Å². The van der Waals surface area contributed by atoms with Crippen molar-refractivity contribution in [2.75, 3.05) is 0 Å². The van der Waals surface area contributed by atoms with Gasteiger partial charge in [-0.25, -0.2) is 4.98 Å². The van der Waals surface area contributed by atoms with E-state index in [9.17, 15) is 0 Å². The first-order chi connectivity index (χ1) is 5.61. The maximum absolute atomic E-state index is 4.94. The van der Waals surface area contributed by atoms with Crippen LogP contribution in [-0.2, 0) is 0 Å². The van der Waals surface area contributed by atoms with Crippen molar-refractivity contribution in [3.05, 3.63) is 22.7 Å². The Balaban J connectivity index is 2.95. The van der Waals surface area contributed by atoms with Gasteiger partial charge < -0.3 is 4.98 Å². The van der Waals surface area contributed by atoms with Crippen molar-refractivity contribution in [3.8, 4) is 0 Å². The summed E-state index contributed by atoms with van der Waals surface area (Å²) in [7, 11) is 0. The standard InChI is InChI=1S/C9H14N2S/c1-6(2)7(3)8-4-5-10-9(12)11-8/h4-7H,1-3H3,(H,10,11,12). The number of hydrogen-bond donors (Lipinski definition) is 1. The van der Waals surface area contributed by atoms with Gasteiger partial charge in [-0.2, -0.15) is 0 Å². The molecule has 0 amide bonds. The zero-order valence-electron chi connectivity index (χ0n) is 7.66. The number of aromatic amines is 1. The Kier molecular flexibility index (Phi) is 2.98. The fourth-order valence-electron chi connectivity index (χ4n) is 1.01. The minimum absolute atomic E-state index is 0.509. The first-order valence-electron chi connectivity index (χ1n) is 4.16. The topological polar surface area (TPSA) is 28.7 Å². The Morgan fingerprint density at radius 1 is 1.42 bits per heavy atom. The van der Waals surface area contributed by atoms with E-state index in [0.717, 1.165) is 0 Å². The van der Waals surface area contributed by atoms with Crippen molar-refractivity contribution >= 4 is 12.2 Å². The van der Waals surface area contributed by atoms with Gasteiger partial charge >= 0.3 is 0 Å². The average molecular weight is 182 g/mol. The van der Waals surface area contributed by atoms with Crippen LogP contribution >= 0.6 is 12.2 Å². The first kappa shape index (κ1) is 9.39. The van der Waals surface area contributed by atoms with Crippen LogP contribution < -0.4 is 0 Å². The van der Waals surface area contributed by atoms with Crippen LogP contribution in [0.4, 0.5) is 0 Å². The second kappa shape index (κ2) is 3.81. The lowest BCUT2D eigenvalue weighted by molar-refractivity contribution is 0.522. The summed E-state index contributed by atoms with van der Waals surface area (Å²) in [6, 6.07) is 1.99. The highest BCUT2D eigenvalue weighted by atomic mass is 32.1. The first-order valence-corrected chi connectivity index (χ1v) is 4.57. The SMILES string of the molecule is CC(C)C(C)c1ccnc(=S)[nH]1. The van der Waals surface area contributed by atoms with E-state index in [4.69, 9.17) is 12.2 Å². The summed E-state index contributed by atoms with van der Waals surface area (Å²) in [6.07, 6.45) is 1.76. The zero-order chi connectivity index (χ0) is 9.14. The second-order valence-electron chi connectivity index (χ2n) is 3.36. The molecule has 1 unspecified atom stereocenters. The molecule has 12 heavy (non-hydrogen) atoms. The number of aromatic nitrogens is 2. The molecule has 0 saturated carbocycles. The molecule has 1 aromatic rings. The number of H-pyrrole nitrogens is 1. The van der Waals surface area contributed by atoms with Gasteiger partial charge in [-0.15, -0.1) is 0 Å². The Labute approximate surface area is 78.1 Å². The predicted octanol–water partition coefficient (Wildman–Crippen LogP) is 2.90. The third-order valence-electron chi connectivity index (χ3n) is 2.19. The van der Waals surface area contributed by atoms with Gasteiger partial charge in [0.15, 0.2) is 4.77 Å². The van der Waals surface area contributed by atoms with Crippen LogP contribution in [0.5, 0.6) is 0 Å². The van der Waals surface area contributed by atoms with Gasteiger partial charge in [0, 0.05) is 11.9 Å². The fraction of sp³-hybridized carbons (Fsp3) is 0.556. The Bertz CT molecular complexity index is 303. The van der Waals surface area contributed by atoms with Gasteiger partial charge in [-0.05, 0) is 30.1 Å². The largest absolute Gasteiger partial charge is 0.334 e. The summed E-state index contributed by atoms with van der Waals surface area (Å²) in [5.74, 6) is 1.13. The summed E-state index contributed by atoms with van der Waals surface area (Å²) >= 11 is 4.94. The zero-order valence-corrected chi connectivity index (χ0v) is 8.48. The lowest BCUT2D eigenvalue weighted by Gasteiger charge is -2.14. The van der Waals surface area contributed by atoms with Crippen LogP contribution in [0.15, 0.2) is 12.3 Å². The molecule has 66 valence electrons. The molecule has 0 spiro atoms. The summed E-state index contributed by atoms with van der Waals surface area (Å²) < 4.78 is 0.569. The maximum atomic E-state index is 4.94. The highest BCUT2D eigenvalue weighted by Gasteiger charge is 2.09. The molecule has 0 fully saturated rings. The Hall–Kier alpha value is -0.700. The van der Waals surface area contributed by atoms with E-state index in [2.05, 4.69) is 30.7 Å². The molecule has 3 heteroatoms. The van der Waals surface area contributed by atoms with Gasteiger partial charge in [0.2, 0.25) is 0 Å². The van der Waals surface area contributed by atoms with E-state index in [1.165, 1.54) is 5.69 Å². The molecular weight excluding hydrogens is 168 g/mol. The molecular formula is C9H14N2S. The Morgan fingerprint density at radius 2 is 2.08 bits per heavy atom. The molecule has 1 atom stereocenters. The molecule has 0 aliphatic carbocycles. The molecule has 2 nitrogen and oxygen atoms in total. The third kappa shape index (κ3) is 2.14. The van der Waals surface area contributed by atoms with E-state index in [1.807, 2.05) is 6.07 Å². The minimum atomic E-state index is 0.509. The van der Waals surface area contributed by atoms with Gasteiger partial charge in [-0.3, -0.25) is 0 Å². The van der Waals surface area contributed by atoms with Gasteiger partial charge in [0.25, 0.3) is 0 Å². The van der Waals surface area contributed by atoms with Crippen molar-refractivity contribution in [2.45, 2.75) is 26.7 Å². The maximum Gasteiger partial charge on any atom is 0.196 e. The van der Waals surface area contributed by atoms with Crippen molar-refractivity contribution in [2.24, 2.45) is 5.92 Å². The fourth-order valence-corrected chi connectivity index (χ4v) is 1.19. The normalized spacial score (nSPS) is 13.3. The molecule has 0 bridgehead atoms. The Morgan fingerprint density at radius 3 is 2.58 bits per heavy atom. The van der Waals surface area contributed by atoms with Gasteiger partial charge in [0.05, 0.1) is 0 Å². The second-order valence-corrected chi connectivity index (χ2v) is 3.75. The average Bonchev–Trinajstić information content (AvgIpc) is 2.03. The van der Waals surface area contributed by atoms with Crippen molar-refractivity contribution in [3.63, 3.8) is 0 Å². The predicted molar refractivity (Wildman–Crippen MR) is 52.7 cm³/mol. The minimum Gasteiger partial charge on any atom is -0.334 e. The third-order valence-corrected chi connectivity index (χ3v) is 2.40. The molecule has 1 rings (SSSR count). The van der Waals surface area contributed by atoms with E-state index in [1.54, 1.807) is 6.20 Å². The quantitative estimate of drug-likeness (QED) is 0.712. The van der Waals surface area contributed by atoms with Crippen molar-refractivity contribution in [1.29, 1.82) is 0 Å². The van der Waals surface area contributed by atoms with Crippen molar-refractivity contribution in [1.82, 2.24) is 9.97 Å². The van der Waals surface area contributed by atoms with Crippen LogP contribution in [0.1, 0.15) is 32.4 Å². The smallest absolute Gasteiger partial charge is 0.196 e. The van der Waals surface area contributed by atoms with Crippen LogP contribution in [-0.4, -0.2) is 9.97 Å². The summed E-state index contributed by atoms with van der Waals surface area (Å²) in [5.41, 5.74) is 1.17. The van der Waals surface area contributed by atoms with Crippen molar-refractivity contribution < 1.29 is 0 Å². The monoisotopic (exact) mass is 182 g/mol. The van der Waals surface area contributed by atoms with Crippen LogP contribution in [0, 0.1) is 10.7 Å².